The van der Waals surface area contributed by atoms with Crippen molar-refractivity contribution in [1.29, 1.82) is 0 Å². The highest BCUT2D eigenvalue weighted by atomic mass is 32.2. The zero-order valence-corrected chi connectivity index (χ0v) is 9.15. The summed E-state index contributed by atoms with van der Waals surface area (Å²) < 4.78 is 22.9. The lowest BCUT2D eigenvalue weighted by molar-refractivity contribution is 0.586. The molecule has 4 nitrogen and oxygen atoms in total. The summed E-state index contributed by atoms with van der Waals surface area (Å²) in [4.78, 5) is 3.90. The fraction of sp³-hybridized carbons (Fsp3) is 0.571. The molecule has 0 bridgehead atoms. The minimum atomic E-state index is -3.05. The molecule has 13 heavy (non-hydrogen) atoms. The SMILES string of the molecule is CC(C)S(=O)(=O)Cc1csc(N)n1. The van der Waals surface area contributed by atoms with Crippen molar-refractivity contribution < 1.29 is 8.42 Å². The number of hydrogen-bond acceptors (Lipinski definition) is 5. The third-order valence-corrected chi connectivity index (χ3v) is 4.49. The third-order valence-electron chi connectivity index (χ3n) is 1.64. The van der Waals surface area contributed by atoms with Crippen molar-refractivity contribution in [1.82, 2.24) is 4.98 Å². The van der Waals surface area contributed by atoms with E-state index in [1.54, 1.807) is 19.2 Å². The molecule has 0 aliphatic rings. The lowest BCUT2D eigenvalue weighted by Gasteiger charge is -2.04. The van der Waals surface area contributed by atoms with Gasteiger partial charge in [-0.1, -0.05) is 0 Å². The summed E-state index contributed by atoms with van der Waals surface area (Å²) in [6, 6.07) is 0. The third kappa shape index (κ3) is 2.67. The molecule has 0 unspecified atom stereocenters. The van der Waals surface area contributed by atoms with Crippen molar-refractivity contribution >= 4 is 26.3 Å². The molecule has 0 aromatic carbocycles. The Bertz CT molecular complexity index is 381. The summed E-state index contributed by atoms with van der Waals surface area (Å²) in [5.74, 6) is -0.0155. The number of thiazole rings is 1. The minimum absolute atomic E-state index is 0.0155. The molecule has 1 heterocycles. The first-order valence-electron chi connectivity index (χ1n) is 3.83. The smallest absolute Gasteiger partial charge is 0.180 e. The molecule has 0 saturated carbocycles. The van der Waals surface area contributed by atoms with Gasteiger partial charge in [0.2, 0.25) is 0 Å². The highest BCUT2D eigenvalue weighted by Gasteiger charge is 2.18. The monoisotopic (exact) mass is 220 g/mol. The van der Waals surface area contributed by atoms with Gasteiger partial charge in [0.25, 0.3) is 0 Å². The van der Waals surface area contributed by atoms with E-state index in [2.05, 4.69) is 4.98 Å². The van der Waals surface area contributed by atoms with Crippen LogP contribution in [0.3, 0.4) is 0 Å². The number of aromatic nitrogens is 1. The molecule has 0 atom stereocenters. The number of nitrogen functional groups attached to an aromatic ring is 1. The molecule has 1 aromatic rings. The largest absolute Gasteiger partial charge is 0.375 e. The van der Waals surface area contributed by atoms with E-state index < -0.39 is 9.84 Å². The standard InChI is InChI=1S/C7H12N2O2S2/c1-5(2)13(10,11)4-6-3-12-7(8)9-6/h3,5H,4H2,1-2H3,(H2,8,9). The number of sulfone groups is 1. The van der Waals surface area contributed by atoms with Crippen LogP contribution in [0.15, 0.2) is 5.38 Å². The van der Waals surface area contributed by atoms with Gasteiger partial charge in [-0.25, -0.2) is 13.4 Å². The van der Waals surface area contributed by atoms with Crippen LogP contribution < -0.4 is 5.73 Å². The Morgan fingerprint density at radius 1 is 1.62 bits per heavy atom. The molecule has 74 valence electrons. The summed E-state index contributed by atoms with van der Waals surface area (Å²) in [7, 11) is -3.05. The van der Waals surface area contributed by atoms with Crippen molar-refractivity contribution in [2.45, 2.75) is 24.9 Å². The highest BCUT2D eigenvalue weighted by molar-refractivity contribution is 7.91. The van der Waals surface area contributed by atoms with Crippen LogP contribution in [0.1, 0.15) is 19.5 Å². The first-order valence-corrected chi connectivity index (χ1v) is 6.43. The Hall–Kier alpha value is -0.620. The van der Waals surface area contributed by atoms with E-state index in [9.17, 15) is 8.42 Å². The van der Waals surface area contributed by atoms with Crippen molar-refractivity contribution in [3.8, 4) is 0 Å². The number of nitrogens with two attached hydrogens (primary N) is 1. The topological polar surface area (TPSA) is 73.0 Å². The number of hydrogen-bond donors (Lipinski definition) is 1. The van der Waals surface area contributed by atoms with Crippen LogP contribution >= 0.6 is 11.3 Å². The van der Waals surface area contributed by atoms with Gasteiger partial charge in [-0.05, 0) is 13.8 Å². The summed E-state index contributed by atoms with van der Waals surface area (Å²) in [5.41, 5.74) is 5.92. The van der Waals surface area contributed by atoms with E-state index in [0.29, 0.717) is 10.8 Å². The predicted molar refractivity (Wildman–Crippen MR) is 54.3 cm³/mol. The molecule has 0 aliphatic carbocycles. The van der Waals surface area contributed by atoms with Gasteiger partial charge in [-0.3, -0.25) is 0 Å². The molecule has 6 heteroatoms. The molecule has 0 radical (unpaired) electrons. The Labute approximate surface area is 81.7 Å². The highest BCUT2D eigenvalue weighted by Crippen LogP contribution is 2.15. The van der Waals surface area contributed by atoms with Crippen LogP contribution in [0.2, 0.25) is 0 Å². The molecular formula is C7H12N2O2S2. The van der Waals surface area contributed by atoms with Gasteiger partial charge < -0.3 is 5.73 Å². The average Bonchev–Trinajstić information content (AvgIpc) is 2.34. The average molecular weight is 220 g/mol. The maximum atomic E-state index is 11.4. The zero-order valence-electron chi connectivity index (χ0n) is 7.52. The zero-order chi connectivity index (χ0) is 10.1. The quantitative estimate of drug-likeness (QED) is 0.826. The van der Waals surface area contributed by atoms with Crippen molar-refractivity contribution in [2.24, 2.45) is 0 Å². The van der Waals surface area contributed by atoms with Gasteiger partial charge in [-0.2, -0.15) is 0 Å². The van der Waals surface area contributed by atoms with Gasteiger partial charge >= 0.3 is 0 Å². The Morgan fingerprint density at radius 3 is 2.62 bits per heavy atom. The maximum Gasteiger partial charge on any atom is 0.180 e. The van der Waals surface area contributed by atoms with Gasteiger partial charge in [0.1, 0.15) is 0 Å². The van der Waals surface area contributed by atoms with Gasteiger partial charge in [0.05, 0.1) is 16.7 Å². The second-order valence-electron chi connectivity index (χ2n) is 3.03. The van der Waals surface area contributed by atoms with E-state index in [-0.39, 0.29) is 11.0 Å². The van der Waals surface area contributed by atoms with E-state index in [1.165, 1.54) is 11.3 Å². The molecule has 2 N–H and O–H groups in total. The number of nitrogens with zero attached hydrogens (tertiary/aromatic N) is 1. The molecule has 1 aromatic heterocycles. The van der Waals surface area contributed by atoms with Crippen LogP contribution in [0.5, 0.6) is 0 Å². The lowest BCUT2D eigenvalue weighted by atomic mass is 10.6. The Balaban J connectivity index is 2.81. The molecule has 1 rings (SSSR count). The first-order chi connectivity index (χ1) is 5.92. The fourth-order valence-corrected chi connectivity index (χ4v) is 2.32. The van der Waals surface area contributed by atoms with E-state index in [4.69, 9.17) is 5.73 Å². The summed E-state index contributed by atoms with van der Waals surface area (Å²) in [5, 5.41) is 1.72. The number of anilines is 1. The minimum Gasteiger partial charge on any atom is -0.375 e. The van der Waals surface area contributed by atoms with Crippen molar-refractivity contribution in [2.75, 3.05) is 5.73 Å². The molecule has 0 amide bonds. The second kappa shape index (κ2) is 3.63. The van der Waals surface area contributed by atoms with Gasteiger partial charge in [-0.15, -0.1) is 11.3 Å². The Kier molecular flexibility index (Phi) is 2.92. The molecular weight excluding hydrogens is 208 g/mol. The van der Waals surface area contributed by atoms with E-state index in [0.717, 1.165) is 0 Å². The molecule has 0 aliphatic heterocycles. The van der Waals surface area contributed by atoms with Crippen LogP contribution in [-0.4, -0.2) is 18.7 Å². The van der Waals surface area contributed by atoms with Gasteiger partial charge in [0, 0.05) is 5.38 Å². The van der Waals surface area contributed by atoms with Crippen LogP contribution in [0, 0.1) is 0 Å². The van der Waals surface area contributed by atoms with Crippen molar-refractivity contribution in [3.05, 3.63) is 11.1 Å². The predicted octanol–water partition coefficient (Wildman–Crippen LogP) is 1.05. The van der Waals surface area contributed by atoms with Crippen molar-refractivity contribution in [3.63, 3.8) is 0 Å². The summed E-state index contributed by atoms with van der Waals surface area (Å²) in [6.45, 7) is 3.32. The van der Waals surface area contributed by atoms with E-state index in [1.807, 2.05) is 0 Å². The maximum absolute atomic E-state index is 11.4. The lowest BCUT2D eigenvalue weighted by Crippen LogP contribution is -2.16. The fourth-order valence-electron chi connectivity index (χ4n) is 0.762. The number of rotatable bonds is 3. The second-order valence-corrected chi connectivity index (χ2v) is 6.48. The molecule has 0 fully saturated rings. The normalized spacial score (nSPS) is 12.2. The molecule has 0 saturated heterocycles. The summed E-state index contributed by atoms with van der Waals surface area (Å²) >= 11 is 1.26. The van der Waals surface area contributed by atoms with E-state index >= 15 is 0 Å². The first kappa shape index (κ1) is 10.5. The summed E-state index contributed by atoms with van der Waals surface area (Å²) in [6.07, 6.45) is 0. The van der Waals surface area contributed by atoms with Gasteiger partial charge in [0.15, 0.2) is 15.0 Å². The Morgan fingerprint density at radius 2 is 2.23 bits per heavy atom. The van der Waals surface area contributed by atoms with Crippen LogP contribution in [-0.2, 0) is 15.6 Å². The van der Waals surface area contributed by atoms with Crippen LogP contribution in [0.4, 0.5) is 5.13 Å². The van der Waals surface area contributed by atoms with Crippen LogP contribution in [0.25, 0.3) is 0 Å². The molecule has 0 spiro atoms.